The molecule has 2 atom stereocenters. The minimum absolute atomic E-state index is 0.182. The van der Waals surface area contributed by atoms with Gasteiger partial charge < -0.3 is 15.2 Å². The van der Waals surface area contributed by atoms with Crippen LogP contribution in [0.4, 0.5) is 5.82 Å². The highest BCUT2D eigenvalue weighted by molar-refractivity contribution is 5.69. The number of ether oxygens (including phenoxy) is 2. The second-order valence-corrected chi connectivity index (χ2v) is 8.97. The zero-order valence-corrected chi connectivity index (χ0v) is 22.6. The van der Waals surface area contributed by atoms with Gasteiger partial charge in [0, 0.05) is 12.6 Å². The second kappa shape index (κ2) is 19.6. The van der Waals surface area contributed by atoms with Gasteiger partial charge in [-0.05, 0) is 63.9 Å². The summed E-state index contributed by atoms with van der Waals surface area (Å²) in [4.78, 5) is 27.7. The van der Waals surface area contributed by atoms with E-state index in [1.807, 2.05) is 6.08 Å². The second-order valence-electron chi connectivity index (χ2n) is 8.97. The van der Waals surface area contributed by atoms with Gasteiger partial charge in [-0.2, -0.15) is 4.98 Å². The summed E-state index contributed by atoms with van der Waals surface area (Å²) in [7, 11) is 0. The highest BCUT2D eigenvalue weighted by atomic mass is 16.6. The Hall–Kier alpha value is -3.45. The van der Waals surface area contributed by atoms with Crippen molar-refractivity contribution in [3.05, 3.63) is 95.7 Å². The number of hydrogen-bond donors (Lipinski definition) is 1. The average molecular weight is 522 g/mol. The van der Waals surface area contributed by atoms with Crippen LogP contribution in [0.1, 0.15) is 77.4 Å². The van der Waals surface area contributed by atoms with E-state index in [1.54, 1.807) is 12.3 Å². The van der Waals surface area contributed by atoms with Crippen LogP contribution in [0.2, 0.25) is 0 Å². The Bertz CT molecular complexity index is 1050. The van der Waals surface area contributed by atoms with Crippen molar-refractivity contribution in [1.29, 1.82) is 0 Å². The van der Waals surface area contributed by atoms with E-state index < -0.39 is 11.9 Å². The molecule has 7 heteroatoms. The minimum Gasteiger partial charge on any atom is -0.463 e. The topological polar surface area (TPSA) is 96.4 Å². The Morgan fingerprint density at radius 2 is 1.50 bits per heavy atom. The summed E-state index contributed by atoms with van der Waals surface area (Å²) in [6, 6.07) is 1.56. The fourth-order valence-corrected chi connectivity index (χ4v) is 3.76. The SMILES string of the molecule is CC/C=C\C/C=C\C/C=C\C/C=C\C/C=C\C/C=C\CCC(=O)OC[C@@H]1CCC(n2ccc(N)nc2=O)O1. The molecule has 0 bridgehead atoms. The summed E-state index contributed by atoms with van der Waals surface area (Å²) >= 11 is 0. The third-order valence-electron chi connectivity index (χ3n) is 5.79. The number of rotatable bonds is 17. The van der Waals surface area contributed by atoms with Crippen LogP contribution in [0.3, 0.4) is 0 Å². The number of nitrogens with zero attached hydrogens (tertiary/aromatic N) is 2. The van der Waals surface area contributed by atoms with Gasteiger partial charge >= 0.3 is 11.7 Å². The minimum atomic E-state index is -0.441. The molecule has 0 saturated carbocycles. The van der Waals surface area contributed by atoms with Gasteiger partial charge in [0.25, 0.3) is 0 Å². The zero-order valence-electron chi connectivity index (χ0n) is 22.6. The van der Waals surface area contributed by atoms with E-state index in [1.165, 1.54) is 4.57 Å². The molecule has 0 radical (unpaired) electrons. The lowest BCUT2D eigenvalue weighted by atomic mass is 10.2. The third-order valence-corrected chi connectivity index (χ3v) is 5.79. The maximum Gasteiger partial charge on any atom is 0.351 e. The van der Waals surface area contributed by atoms with Crippen LogP contribution in [-0.2, 0) is 14.3 Å². The number of allylic oxidation sites excluding steroid dienone is 12. The first kappa shape index (κ1) is 30.8. The normalized spacial score (nSPS) is 18.4. The van der Waals surface area contributed by atoms with Gasteiger partial charge in [-0.1, -0.05) is 79.8 Å². The monoisotopic (exact) mass is 521 g/mol. The molecule has 0 amide bonds. The molecular weight excluding hydrogens is 478 g/mol. The molecule has 206 valence electrons. The number of hydrogen-bond acceptors (Lipinski definition) is 6. The van der Waals surface area contributed by atoms with Crippen molar-refractivity contribution in [3.63, 3.8) is 0 Å². The van der Waals surface area contributed by atoms with Crippen molar-refractivity contribution >= 4 is 11.8 Å². The van der Waals surface area contributed by atoms with Crippen molar-refractivity contribution in [2.75, 3.05) is 12.3 Å². The molecule has 38 heavy (non-hydrogen) atoms. The summed E-state index contributed by atoms with van der Waals surface area (Å²) in [5, 5.41) is 0. The fourth-order valence-electron chi connectivity index (χ4n) is 3.76. The first-order chi connectivity index (χ1) is 18.6. The molecule has 1 fully saturated rings. The van der Waals surface area contributed by atoms with Gasteiger partial charge in [0.2, 0.25) is 0 Å². The van der Waals surface area contributed by atoms with E-state index in [-0.39, 0.29) is 24.5 Å². The number of esters is 1. The Morgan fingerprint density at radius 1 is 0.947 bits per heavy atom. The zero-order chi connectivity index (χ0) is 27.3. The predicted molar refractivity (Wildman–Crippen MR) is 154 cm³/mol. The van der Waals surface area contributed by atoms with E-state index in [4.69, 9.17) is 15.2 Å². The van der Waals surface area contributed by atoms with Crippen molar-refractivity contribution < 1.29 is 14.3 Å². The molecule has 0 aliphatic carbocycles. The molecule has 1 aliphatic heterocycles. The lowest BCUT2D eigenvalue weighted by molar-refractivity contribution is -0.148. The van der Waals surface area contributed by atoms with Crippen molar-refractivity contribution in [2.45, 2.75) is 83.5 Å². The summed E-state index contributed by atoms with van der Waals surface area (Å²) < 4.78 is 12.6. The molecule has 0 aromatic carbocycles. The number of nitrogen functional groups attached to an aromatic ring is 1. The van der Waals surface area contributed by atoms with E-state index in [9.17, 15) is 9.59 Å². The molecule has 0 spiro atoms. The van der Waals surface area contributed by atoms with Crippen LogP contribution in [0.5, 0.6) is 0 Å². The van der Waals surface area contributed by atoms with Gasteiger partial charge in [0.1, 0.15) is 18.7 Å². The van der Waals surface area contributed by atoms with Crippen molar-refractivity contribution in [3.8, 4) is 0 Å². The largest absolute Gasteiger partial charge is 0.463 e. The molecule has 2 rings (SSSR count). The van der Waals surface area contributed by atoms with Gasteiger partial charge in [-0.15, -0.1) is 0 Å². The molecule has 1 unspecified atom stereocenters. The van der Waals surface area contributed by atoms with Crippen LogP contribution in [0.15, 0.2) is 90.0 Å². The van der Waals surface area contributed by atoms with Crippen LogP contribution >= 0.6 is 0 Å². The van der Waals surface area contributed by atoms with Crippen molar-refractivity contribution in [2.24, 2.45) is 0 Å². The van der Waals surface area contributed by atoms with E-state index in [2.05, 4.69) is 78.7 Å². The number of aromatic nitrogens is 2. The smallest absolute Gasteiger partial charge is 0.351 e. The van der Waals surface area contributed by atoms with Crippen LogP contribution in [0.25, 0.3) is 0 Å². The number of carbonyl (C=O) groups is 1. The number of nitrogens with two attached hydrogens (primary N) is 1. The summed E-state index contributed by atoms with van der Waals surface area (Å²) in [6.45, 7) is 2.34. The van der Waals surface area contributed by atoms with E-state index >= 15 is 0 Å². The Balaban J connectivity index is 1.46. The highest BCUT2D eigenvalue weighted by Gasteiger charge is 2.28. The van der Waals surface area contributed by atoms with Gasteiger partial charge in [0.15, 0.2) is 0 Å². The molecule has 1 aromatic heterocycles. The fraction of sp³-hybridized carbons (Fsp3) is 0.452. The molecule has 1 saturated heterocycles. The first-order valence-electron chi connectivity index (χ1n) is 13.7. The number of carbonyl (C=O) groups excluding carboxylic acids is 1. The predicted octanol–water partition coefficient (Wildman–Crippen LogP) is 6.52. The molecule has 1 aliphatic rings. The van der Waals surface area contributed by atoms with Gasteiger partial charge in [0.05, 0.1) is 6.10 Å². The maximum atomic E-state index is 12.0. The van der Waals surface area contributed by atoms with Crippen molar-refractivity contribution in [1.82, 2.24) is 9.55 Å². The molecule has 2 heterocycles. The maximum absolute atomic E-state index is 12.0. The summed E-state index contributed by atoms with van der Waals surface area (Å²) in [5.74, 6) is -0.0652. The van der Waals surface area contributed by atoms with Crippen LogP contribution < -0.4 is 11.4 Å². The Labute approximate surface area is 227 Å². The standard InChI is InChI=1S/C31H43N3O4/c1-2-3-4-5-6-7-8-9-10-11-12-13-14-15-16-17-18-19-20-21-30(35)37-26-27-22-23-29(38-27)34-25-24-28(32)33-31(34)36/h3-4,6-7,9-10,12-13,15-16,18-19,24-25,27,29H,2,5,8,11,14,17,20-23,26H2,1H3,(H2,32,33,36)/b4-3-,7-6-,10-9-,13-12-,16-15-,19-18-/t27-,29?/m0/s1. The van der Waals surface area contributed by atoms with E-state index in [0.717, 1.165) is 38.5 Å². The number of anilines is 1. The van der Waals surface area contributed by atoms with Crippen LogP contribution in [0, 0.1) is 0 Å². The highest BCUT2D eigenvalue weighted by Crippen LogP contribution is 2.27. The summed E-state index contributed by atoms with van der Waals surface area (Å²) in [6.07, 6.45) is 35.0. The van der Waals surface area contributed by atoms with Gasteiger partial charge in [-0.3, -0.25) is 9.36 Å². The molecular formula is C31H43N3O4. The molecule has 1 aromatic rings. The van der Waals surface area contributed by atoms with Crippen LogP contribution in [-0.4, -0.2) is 28.2 Å². The first-order valence-corrected chi connectivity index (χ1v) is 13.7. The van der Waals surface area contributed by atoms with Gasteiger partial charge in [-0.25, -0.2) is 4.79 Å². The molecule has 2 N–H and O–H groups in total. The Morgan fingerprint density at radius 3 is 2.05 bits per heavy atom. The van der Waals surface area contributed by atoms with E-state index in [0.29, 0.717) is 25.7 Å². The Kier molecular flexibility index (Phi) is 15.9. The lowest BCUT2D eigenvalue weighted by Gasteiger charge is -2.15. The summed E-state index contributed by atoms with van der Waals surface area (Å²) in [5.41, 5.74) is 5.08. The average Bonchev–Trinajstić information content (AvgIpc) is 3.37. The quantitative estimate of drug-likeness (QED) is 0.185. The third kappa shape index (κ3) is 13.7. The molecule has 7 nitrogen and oxygen atoms in total. The lowest BCUT2D eigenvalue weighted by Crippen LogP contribution is -2.28.